The maximum absolute atomic E-state index is 7.22. The molecule has 4 nitrogen and oxygen atoms in total. The minimum Gasteiger partial charge on any atom is -0.385 e. The molecule has 0 aromatic heterocycles. The van der Waals surface area contributed by atoms with Gasteiger partial charge in [-0.3, -0.25) is 0 Å². The standard InChI is InChI=1S/C32H46O4Si/c1-10-17-34-31-16-15-29(6)30(31,14-11-18-33-7)20-25(36-29)32-22-13-12-21(2)27(37(8,9)28(3,4)5)26(22)23(35-32)19-24(31)32/h10,12-13,19,23,25H,1,11,14-18,20H2,2-9H3/t23?,25-,29?,30-,31+,32+/m1/s1. The van der Waals surface area contributed by atoms with Crippen LogP contribution in [0.5, 0.6) is 0 Å². The number of methoxy groups -OCH3 is 1. The number of hydrogen-bond acceptors (Lipinski definition) is 4. The van der Waals surface area contributed by atoms with Crippen LogP contribution in [-0.2, 0) is 24.5 Å². The summed E-state index contributed by atoms with van der Waals surface area (Å²) in [7, 11) is -0.0193. The van der Waals surface area contributed by atoms with Crippen molar-refractivity contribution in [3.05, 3.63) is 53.1 Å². The molecule has 1 spiro atoms. The molecule has 6 atom stereocenters. The van der Waals surface area contributed by atoms with Gasteiger partial charge < -0.3 is 18.9 Å². The number of ether oxygens (including phenoxy) is 4. The molecule has 0 radical (unpaired) electrons. The molecule has 2 saturated carbocycles. The van der Waals surface area contributed by atoms with Crippen molar-refractivity contribution in [1.29, 1.82) is 0 Å². The molecule has 202 valence electrons. The molecule has 2 unspecified atom stereocenters. The summed E-state index contributed by atoms with van der Waals surface area (Å²) < 4.78 is 27.0. The van der Waals surface area contributed by atoms with E-state index in [1.54, 1.807) is 12.3 Å². The van der Waals surface area contributed by atoms with Gasteiger partial charge in [0.25, 0.3) is 0 Å². The van der Waals surface area contributed by atoms with Crippen LogP contribution in [0.3, 0.4) is 0 Å². The molecular formula is C32H46O4Si. The summed E-state index contributed by atoms with van der Waals surface area (Å²) in [6.45, 7) is 22.3. The van der Waals surface area contributed by atoms with E-state index in [-0.39, 0.29) is 28.3 Å². The zero-order valence-corrected chi connectivity index (χ0v) is 25.3. The molecule has 5 heteroatoms. The van der Waals surface area contributed by atoms with Crippen molar-refractivity contribution in [3.8, 4) is 0 Å². The lowest BCUT2D eigenvalue weighted by Gasteiger charge is -2.55. The second kappa shape index (κ2) is 7.91. The lowest BCUT2D eigenvalue weighted by atomic mass is 9.52. The second-order valence-corrected chi connectivity index (χ2v) is 19.3. The van der Waals surface area contributed by atoms with Crippen molar-refractivity contribution >= 4 is 13.3 Å². The number of fused-ring (bicyclic) bond motifs is 5. The second-order valence-electron chi connectivity index (χ2n) is 14.1. The molecule has 37 heavy (non-hydrogen) atoms. The molecule has 3 aliphatic heterocycles. The van der Waals surface area contributed by atoms with E-state index >= 15 is 0 Å². The Balaban J connectivity index is 1.57. The normalized spacial score (nSPS) is 39.1. The lowest BCUT2D eigenvalue weighted by Crippen LogP contribution is -2.61. The quantitative estimate of drug-likeness (QED) is 0.218. The Morgan fingerprint density at radius 1 is 1.19 bits per heavy atom. The average molecular weight is 523 g/mol. The van der Waals surface area contributed by atoms with Crippen molar-refractivity contribution in [1.82, 2.24) is 0 Å². The maximum atomic E-state index is 7.22. The highest BCUT2D eigenvalue weighted by molar-refractivity contribution is 6.92. The molecule has 3 heterocycles. The minimum atomic E-state index is -1.82. The molecular weight excluding hydrogens is 476 g/mol. The topological polar surface area (TPSA) is 36.9 Å². The molecule has 1 saturated heterocycles. The van der Waals surface area contributed by atoms with Crippen LogP contribution in [0.4, 0.5) is 0 Å². The van der Waals surface area contributed by atoms with E-state index in [2.05, 4.69) is 72.5 Å². The van der Waals surface area contributed by atoms with Crippen LogP contribution in [0.1, 0.15) is 82.6 Å². The summed E-state index contributed by atoms with van der Waals surface area (Å²) in [4.78, 5) is 0. The van der Waals surface area contributed by atoms with Crippen LogP contribution in [-0.4, -0.2) is 45.7 Å². The molecule has 1 aromatic carbocycles. The molecule has 6 rings (SSSR count). The lowest BCUT2D eigenvalue weighted by molar-refractivity contribution is -0.156. The van der Waals surface area contributed by atoms with Gasteiger partial charge in [-0.2, -0.15) is 0 Å². The van der Waals surface area contributed by atoms with Gasteiger partial charge in [0.15, 0.2) is 0 Å². The fraction of sp³-hybridized carbons (Fsp3) is 0.688. The van der Waals surface area contributed by atoms with Crippen LogP contribution >= 0.6 is 0 Å². The van der Waals surface area contributed by atoms with Crippen molar-refractivity contribution in [2.45, 2.75) is 114 Å². The Hall–Kier alpha value is -1.24. The van der Waals surface area contributed by atoms with Crippen LogP contribution < -0.4 is 5.19 Å². The van der Waals surface area contributed by atoms with Crippen molar-refractivity contribution < 1.29 is 18.9 Å². The molecule has 3 fully saturated rings. The van der Waals surface area contributed by atoms with E-state index < -0.39 is 19.3 Å². The van der Waals surface area contributed by atoms with Gasteiger partial charge in [0.1, 0.15) is 17.3 Å². The van der Waals surface area contributed by atoms with E-state index in [0.717, 1.165) is 38.7 Å². The largest absolute Gasteiger partial charge is 0.385 e. The highest BCUT2D eigenvalue weighted by Gasteiger charge is 2.82. The maximum Gasteiger partial charge on any atom is 0.145 e. The summed E-state index contributed by atoms with van der Waals surface area (Å²) in [5.41, 5.74) is 4.30. The number of hydrogen-bond donors (Lipinski definition) is 0. The van der Waals surface area contributed by atoms with Crippen molar-refractivity contribution in [2.24, 2.45) is 5.41 Å². The molecule has 0 N–H and O–H groups in total. The van der Waals surface area contributed by atoms with Gasteiger partial charge in [-0.25, -0.2) is 0 Å². The smallest absolute Gasteiger partial charge is 0.145 e. The third-order valence-corrected chi connectivity index (χ3v) is 17.3. The molecule has 2 aliphatic carbocycles. The summed E-state index contributed by atoms with van der Waals surface area (Å²) in [5, 5.41) is 1.83. The van der Waals surface area contributed by atoms with Crippen LogP contribution in [0.15, 0.2) is 36.4 Å². The van der Waals surface area contributed by atoms with Crippen molar-refractivity contribution in [2.75, 3.05) is 20.3 Å². The van der Waals surface area contributed by atoms with Crippen LogP contribution in [0, 0.1) is 12.3 Å². The highest BCUT2D eigenvalue weighted by atomic mass is 28.3. The van der Waals surface area contributed by atoms with Gasteiger partial charge in [-0.1, -0.05) is 57.6 Å². The van der Waals surface area contributed by atoms with Gasteiger partial charge in [0, 0.05) is 19.1 Å². The van der Waals surface area contributed by atoms with Gasteiger partial charge in [-0.05, 0) is 79.0 Å². The Kier molecular flexibility index (Phi) is 5.56. The molecule has 1 aromatic rings. The molecule has 4 bridgehead atoms. The average Bonchev–Trinajstić information content (AvgIpc) is 3.51. The Bertz CT molecular complexity index is 1180. The fourth-order valence-corrected chi connectivity index (χ4v) is 11.8. The fourth-order valence-electron chi connectivity index (χ4n) is 9.07. The van der Waals surface area contributed by atoms with E-state index in [4.69, 9.17) is 18.9 Å². The third-order valence-electron chi connectivity index (χ3n) is 11.6. The first kappa shape index (κ1) is 26.0. The van der Waals surface area contributed by atoms with Gasteiger partial charge in [-0.15, -0.1) is 6.58 Å². The van der Waals surface area contributed by atoms with Crippen LogP contribution in [0.2, 0.25) is 18.1 Å². The summed E-state index contributed by atoms with van der Waals surface area (Å²) in [6.07, 6.45) is 9.37. The monoisotopic (exact) mass is 522 g/mol. The first-order chi connectivity index (χ1) is 17.4. The summed E-state index contributed by atoms with van der Waals surface area (Å²) in [6, 6.07) is 4.73. The Morgan fingerprint density at radius 3 is 2.62 bits per heavy atom. The van der Waals surface area contributed by atoms with Crippen LogP contribution in [0.25, 0.3) is 0 Å². The van der Waals surface area contributed by atoms with E-state index in [1.807, 2.05) is 6.08 Å². The van der Waals surface area contributed by atoms with E-state index in [0.29, 0.717) is 6.61 Å². The third kappa shape index (κ3) is 2.88. The Morgan fingerprint density at radius 2 is 1.95 bits per heavy atom. The van der Waals surface area contributed by atoms with E-state index in [9.17, 15) is 0 Å². The first-order valence-corrected chi connectivity index (χ1v) is 17.3. The zero-order valence-electron chi connectivity index (χ0n) is 24.3. The first-order valence-electron chi connectivity index (χ1n) is 14.3. The van der Waals surface area contributed by atoms with Crippen molar-refractivity contribution in [3.63, 3.8) is 0 Å². The van der Waals surface area contributed by atoms with Gasteiger partial charge in [0.05, 0.1) is 26.4 Å². The Labute approximate surface area is 224 Å². The number of aryl methyl sites for hydroxylation is 1. The number of benzene rings is 1. The minimum absolute atomic E-state index is 0.00766. The summed E-state index contributed by atoms with van der Waals surface area (Å²) in [5.74, 6) is 0. The molecule has 5 aliphatic rings. The van der Waals surface area contributed by atoms with Gasteiger partial charge in [0.2, 0.25) is 0 Å². The predicted molar refractivity (Wildman–Crippen MR) is 151 cm³/mol. The number of rotatable bonds is 8. The molecule has 0 amide bonds. The predicted octanol–water partition coefficient (Wildman–Crippen LogP) is 6.63. The van der Waals surface area contributed by atoms with Gasteiger partial charge >= 0.3 is 0 Å². The highest BCUT2D eigenvalue weighted by Crippen LogP contribution is 2.78. The van der Waals surface area contributed by atoms with E-state index in [1.165, 1.54) is 22.3 Å². The SMILES string of the molecule is C=CCO[C@]12CCC3(C)O[C@H](C[C@]31CCCOC)[C@@]13OC(C=C12)c1c3ccc(C)c1[Si](C)(C)C(C)(C)C. The summed E-state index contributed by atoms with van der Waals surface area (Å²) >= 11 is 0. The zero-order chi connectivity index (χ0) is 26.6.